The van der Waals surface area contributed by atoms with E-state index < -0.39 is 0 Å². The number of nitrogens with one attached hydrogen (secondary N) is 1. The topological polar surface area (TPSA) is 30.3 Å². The maximum Gasteiger partial charge on any atom is 0.193 e. The zero-order valence-corrected chi connectivity index (χ0v) is 13.8. The second kappa shape index (κ2) is 10.7. The van der Waals surface area contributed by atoms with Crippen molar-refractivity contribution < 1.29 is 0 Å². The van der Waals surface area contributed by atoms with Gasteiger partial charge in [-0.1, -0.05) is 46.0 Å². The first-order valence-corrected chi connectivity index (χ1v) is 7.38. The van der Waals surface area contributed by atoms with E-state index in [2.05, 4.69) is 23.6 Å². The van der Waals surface area contributed by atoms with E-state index in [0.29, 0.717) is 0 Å². The number of guanidine groups is 1. The Bertz CT molecular complexity index is 221. The molecule has 0 spiro atoms. The van der Waals surface area contributed by atoms with Gasteiger partial charge in [0.1, 0.15) is 0 Å². The van der Waals surface area contributed by atoms with Crippen LogP contribution in [0.5, 0.6) is 0 Å². The number of nitrogens with zero attached hydrogens (tertiary/aromatic N) is 2. The fourth-order valence-corrected chi connectivity index (χ4v) is 2.44. The van der Waals surface area contributed by atoms with Gasteiger partial charge in [-0.3, -0.25) is 5.41 Å². The van der Waals surface area contributed by atoms with E-state index in [1.165, 1.54) is 38.5 Å². The third kappa shape index (κ3) is 6.07. The molecule has 0 aliphatic carbocycles. The van der Waals surface area contributed by atoms with Gasteiger partial charge in [-0.15, -0.1) is 17.0 Å². The van der Waals surface area contributed by atoms with Gasteiger partial charge in [0.15, 0.2) is 5.96 Å². The molecule has 0 aromatic carbocycles. The predicted octanol–water partition coefficient (Wildman–Crippen LogP) is 3.89. The molecular formula is C14H30BrN3. The highest BCUT2D eigenvalue weighted by atomic mass is 79.9. The highest BCUT2D eigenvalue weighted by Gasteiger charge is 2.23. The summed E-state index contributed by atoms with van der Waals surface area (Å²) in [7, 11) is 0. The van der Waals surface area contributed by atoms with Crippen molar-refractivity contribution in [1.29, 1.82) is 5.41 Å². The lowest BCUT2D eigenvalue weighted by Gasteiger charge is -2.21. The van der Waals surface area contributed by atoms with Gasteiger partial charge in [-0.25, -0.2) is 0 Å². The first-order chi connectivity index (χ1) is 8.29. The Balaban J connectivity index is 0.00000289. The summed E-state index contributed by atoms with van der Waals surface area (Å²) in [4.78, 5) is 4.45. The van der Waals surface area contributed by atoms with Crippen molar-refractivity contribution in [1.82, 2.24) is 9.80 Å². The minimum absolute atomic E-state index is 0. The van der Waals surface area contributed by atoms with Gasteiger partial charge in [0.2, 0.25) is 0 Å². The molecule has 1 heterocycles. The van der Waals surface area contributed by atoms with E-state index in [0.717, 1.165) is 38.6 Å². The van der Waals surface area contributed by atoms with Crippen molar-refractivity contribution >= 4 is 22.9 Å². The van der Waals surface area contributed by atoms with Crippen LogP contribution in [0, 0.1) is 5.41 Å². The first-order valence-electron chi connectivity index (χ1n) is 7.38. The molecule has 1 N–H and O–H groups in total. The largest absolute Gasteiger partial charge is 0.341 e. The average Bonchev–Trinajstić information content (AvgIpc) is 2.67. The second-order valence-electron chi connectivity index (χ2n) is 5.07. The molecule has 3 nitrogen and oxygen atoms in total. The number of hydrogen-bond acceptors (Lipinski definition) is 1. The van der Waals surface area contributed by atoms with Gasteiger partial charge in [-0.05, 0) is 12.8 Å². The lowest BCUT2D eigenvalue weighted by atomic mass is 10.1. The van der Waals surface area contributed by atoms with Crippen LogP contribution in [0.25, 0.3) is 0 Å². The lowest BCUT2D eigenvalue weighted by Crippen LogP contribution is -2.33. The molecule has 0 unspecified atom stereocenters. The van der Waals surface area contributed by atoms with Crippen molar-refractivity contribution in [2.24, 2.45) is 0 Å². The highest BCUT2D eigenvalue weighted by Crippen LogP contribution is 2.11. The second-order valence-corrected chi connectivity index (χ2v) is 5.07. The minimum Gasteiger partial charge on any atom is -0.341 e. The quantitative estimate of drug-likeness (QED) is 0.653. The van der Waals surface area contributed by atoms with Crippen molar-refractivity contribution in [3.63, 3.8) is 0 Å². The Labute approximate surface area is 123 Å². The molecule has 0 atom stereocenters. The monoisotopic (exact) mass is 319 g/mol. The average molecular weight is 320 g/mol. The molecule has 0 aromatic rings. The molecule has 1 fully saturated rings. The lowest BCUT2D eigenvalue weighted by molar-refractivity contribution is 0.432. The standard InChI is InChI=1S/C14H29N3.BrH/c1-3-5-6-7-8-9-11-17-13-12-16(10-4-2)14(17)15;/h15H,3-13H2,1-2H3;1H. The Kier molecular flexibility index (Phi) is 10.5. The Hall–Kier alpha value is -0.250. The van der Waals surface area contributed by atoms with Gasteiger partial charge in [0.05, 0.1) is 0 Å². The van der Waals surface area contributed by atoms with Crippen molar-refractivity contribution in [2.75, 3.05) is 26.2 Å². The molecule has 1 saturated heterocycles. The summed E-state index contributed by atoms with van der Waals surface area (Å²) < 4.78 is 0. The van der Waals surface area contributed by atoms with E-state index >= 15 is 0 Å². The molecule has 108 valence electrons. The zero-order valence-electron chi connectivity index (χ0n) is 12.1. The van der Waals surface area contributed by atoms with Crippen LogP contribution in [0.3, 0.4) is 0 Å². The van der Waals surface area contributed by atoms with Crippen molar-refractivity contribution in [3.8, 4) is 0 Å². The van der Waals surface area contributed by atoms with Gasteiger partial charge in [0, 0.05) is 26.2 Å². The number of rotatable bonds is 9. The van der Waals surface area contributed by atoms with Crippen LogP contribution in [-0.4, -0.2) is 41.9 Å². The smallest absolute Gasteiger partial charge is 0.193 e. The Morgan fingerprint density at radius 1 is 0.833 bits per heavy atom. The molecule has 4 heteroatoms. The molecule has 18 heavy (non-hydrogen) atoms. The minimum atomic E-state index is 0. The third-order valence-electron chi connectivity index (χ3n) is 3.51. The summed E-state index contributed by atoms with van der Waals surface area (Å²) in [6.07, 6.45) is 9.19. The summed E-state index contributed by atoms with van der Waals surface area (Å²) in [6.45, 7) is 8.70. The molecule has 0 aromatic heterocycles. The summed E-state index contributed by atoms with van der Waals surface area (Å²) in [5.41, 5.74) is 0. The molecule has 0 amide bonds. The van der Waals surface area contributed by atoms with Crippen molar-refractivity contribution in [2.45, 2.75) is 58.8 Å². The Morgan fingerprint density at radius 2 is 1.39 bits per heavy atom. The maximum atomic E-state index is 8.06. The van der Waals surface area contributed by atoms with Gasteiger partial charge in [0.25, 0.3) is 0 Å². The first kappa shape index (κ1) is 17.8. The summed E-state index contributed by atoms with van der Waals surface area (Å²) in [5.74, 6) is 0.764. The van der Waals surface area contributed by atoms with Crippen LogP contribution in [0.1, 0.15) is 58.8 Å². The summed E-state index contributed by atoms with van der Waals surface area (Å²) in [5, 5.41) is 8.06. The van der Waals surface area contributed by atoms with Crippen LogP contribution in [0.15, 0.2) is 0 Å². The van der Waals surface area contributed by atoms with Crippen molar-refractivity contribution in [3.05, 3.63) is 0 Å². The van der Waals surface area contributed by atoms with Crippen LogP contribution < -0.4 is 0 Å². The number of unbranched alkanes of at least 4 members (excludes halogenated alkanes) is 5. The van der Waals surface area contributed by atoms with Crippen LogP contribution in [0.4, 0.5) is 0 Å². The van der Waals surface area contributed by atoms with E-state index in [4.69, 9.17) is 5.41 Å². The molecule has 0 saturated carbocycles. The zero-order chi connectivity index (χ0) is 12.5. The highest BCUT2D eigenvalue weighted by molar-refractivity contribution is 8.93. The van der Waals surface area contributed by atoms with Crippen LogP contribution in [-0.2, 0) is 0 Å². The summed E-state index contributed by atoms with van der Waals surface area (Å²) in [6, 6.07) is 0. The fourth-order valence-electron chi connectivity index (χ4n) is 2.44. The van der Waals surface area contributed by atoms with Gasteiger partial charge < -0.3 is 9.80 Å². The molecule has 1 aliphatic heterocycles. The molecule has 0 radical (unpaired) electrons. The van der Waals surface area contributed by atoms with E-state index in [1.807, 2.05) is 0 Å². The van der Waals surface area contributed by atoms with Gasteiger partial charge >= 0.3 is 0 Å². The van der Waals surface area contributed by atoms with E-state index in [1.54, 1.807) is 0 Å². The fraction of sp³-hybridized carbons (Fsp3) is 0.929. The van der Waals surface area contributed by atoms with E-state index in [-0.39, 0.29) is 17.0 Å². The summed E-state index contributed by atoms with van der Waals surface area (Å²) >= 11 is 0. The number of halogens is 1. The molecule has 0 bridgehead atoms. The Morgan fingerprint density at radius 3 is 2.00 bits per heavy atom. The molecule has 1 aliphatic rings. The molecule has 1 rings (SSSR count). The maximum absolute atomic E-state index is 8.06. The van der Waals surface area contributed by atoms with Crippen LogP contribution in [0.2, 0.25) is 0 Å². The van der Waals surface area contributed by atoms with E-state index in [9.17, 15) is 0 Å². The third-order valence-corrected chi connectivity index (χ3v) is 3.51. The normalized spacial score (nSPS) is 15.1. The van der Waals surface area contributed by atoms with Gasteiger partial charge in [-0.2, -0.15) is 0 Å². The number of hydrogen-bond donors (Lipinski definition) is 1. The SMILES string of the molecule is Br.CCCCCCCCN1CCN(CCC)C1=N. The van der Waals surface area contributed by atoms with Crippen LogP contribution >= 0.6 is 17.0 Å². The molecular weight excluding hydrogens is 290 g/mol. The predicted molar refractivity (Wildman–Crippen MR) is 84.9 cm³/mol.